The largest absolute Gasteiger partial charge is 0.311 e. The van der Waals surface area contributed by atoms with Gasteiger partial charge in [-0.3, -0.25) is 0 Å². The minimum absolute atomic E-state index is 1.01. The van der Waals surface area contributed by atoms with Crippen molar-refractivity contribution in [3.8, 4) is 0 Å². The third-order valence-electron chi connectivity index (χ3n) is 17.8. The molecule has 15 rings (SSSR count). The molecule has 0 fully saturated rings. The Balaban J connectivity index is 0.804. The molecule has 0 heterocycles. The molecule has 14 aromatic rings. The average Bonchev–Trinajstić information content (AvgIpc) is 0.810. The number of hydrogen-bond acceptors (Lipinski definition) is 6. The van der Waals surface area contributed by atoms with Gasteiger partial charge in [-0.05, 0) is 254 Å². The summed E-state index contributed by atoms with van der Waals surface area (Å²) in [5.74, 6) is 0. The molecule has 0 aromatic heterocycles. The van der Waals surface area contributed by atoms with Gasteiger partial charge in [0.1, 0.15) is 0 Å². The molecule has 0 unspecified atom stereocenters. The molecule has 1 aliphatic rings. The lowest BCUT2D eigenvalue weighted by molar-refractivity contribution is 0.997. The van der Waals surface area contributed by atoms with Crippen LogP contribution in [-0.2, 0) is 0 Å². The van der Waals surface area contributed by atoms with Crippen molar-refractivity contribution >= 4 is 108 Å². The van der Waals surface area contributed by atoms with Crippen molar-refractivity contribution < 1.29 is 0 Å². The summed E-state index contributed by atoms with van der Waals surface area (Å²) in [7, 11) is 0. The Kier molecular flexibility index (Phi) is 18.2. The molecule has 0 amide bonds. The molecule has 98 heavy (non-hydrogen) atoms. The molecule has 6 nitrogen and oxygen atoms in total. The second-order valence-corrected chi connectivity index (χ2v) is 24.1. The maximum atomic E-state index is 2.37. The first-order valence-electron chi connectivity index (χ1n) is 33.5. The van der Waals surface area contributed by atoms with Crippen molar-refractivity contribution in [2.45, 2.75) is 12.8 Å². The molecule has 0 radical (unpaired) electrons. The molecule has 6 heteroatoms. The Morgan fingerprint density at radius 1 is 0.194 bits per heavy atom. The van der Waals surface area contributed by atoms with Gasteiger partial charge in [-0.1, -0.05) is 194 Å². The number of allylic oxidation sites excluding steroid dienone is 3. The minimum atomic E-state index is 1.01. The van der Waals surface area contributed by atoms with Crippen molar-refractivity contribution in [3.05, 3.63) is 429 Å². The number of hydrogen-bond donors (Lipinski definition) is 0. The lowest BCUT2D eigenvalue weighted by atomic mass is 9.95. The summed E-state index contributed by atoms with van der Waals surface area (Å²) in [5.41, 5.74) is 23.7. The van der Waals surface area contributed by atoms with Crippen LogP contribution in [0.15, 0.2) is 412 Å². The third kappa shape index (κ3) is 13.6. The summed E-state index contributed by atoms with van der Waals surface area (Å²) < 4.78 is 0. The van der Waals surface area contributed by atoms with E-state index in [0.29, 0.717) is 0 Å². The topological polar surface area (TPSA) is 19.4 Å². The fourth-order valence-corrected chi connectivity index (χ4v) is 13.1. The van der Waals surface area contributed by atoms with Crippen molar-refractivity contribution in [1.82, 2.24) is 0 Å². The van der Waals surface area contributed by atoms with Gasteiger partial charge in [0.05, 0.1) is 0 Å². The van der Waals surface area contributed by atoms with Crippen molar-refractivity contribution in [2.24, 2.45) is 0 Å². The molecule has 1 aliphatic carbocycles. The molecule has 0 saturated carbocycles. The smallest absolute Gasteiger partial charge is 0.0463 e. The Hall–Kier alpha value is -12.9. The number of nitrogens with zero attached hydrogens (tertiary/aromatic N) is 6. The Labute approximate surface area is 576 Å². The van der Waals surface area contributed by atoms with E-state index >= 15 is 0 Å². The van der Waals surface area contributed by atoms with Crippen LogP contribution in [0.2, 0.25) is 0 Å². The second-order valence-electron chi connectivity index (χ2n) is 24.1. The Bertz CT molecular complexity index is 4700. The van der Waals surface area contributed by atoms with Crippen LogP contribution in [0.25, 0.3) is 11.6 Å². The number of benzene rings is 14. The lowest BCUT2D eigenvalue weighted by Gasteiger charge is -2.30. The maximum Gasteiger partial charge on any atom is 0.0463 e. The van der Waals surface area contributed by atoms with Crippen LogP contribution in [0.1, 0.15) is 29.5 Å². The van der Waals surface area contributed by atoms with Gasteiger partial charge in [0.2, 0.25) is 0 Å². The molecule has 0 saturated heterocycles. The van der Waals surface area contributed by atoms with E-state index in [-0.39, 0.29) is 0 Å². The van der Waals surface area contributed by atoms with Gasteiger partial charge < -0.3 is 29.4 Å². The zero-order chi connectivity index (χ0) is 65.7. The van der Waals surface area contributed by atoms with Crippen LogP contribution in [-0.4, -0.2) is 0 Å². The highest BCUT2D eigenvalue weighted by atomic mass is 15.2. The van der Waals surface area contributed by atoms with E-state index < -0.39 is 0 Å². The predicted molar refractivity (Wildman–Crippen MR) is 415 cm³/mol. The summed E-state index contributed by atoms with van der Waals surface area (Å²) >= 11 is 0. The van der Waals surface area contributed by atoms with Crippen LogP contribution in [0, 0.1) is 0 Å². The fraction of sp³-hybridized carbons (Fsp3) is 0.0217. The minimum Gasteiger partial charge on any atom is -0.311 e. The van der Waals surface area contributed by atoms with Crippen LogP contribution in [0.5, 0.6) is 0 Å². The van der Waals surface area contributed by atoms with Crippen molar-refractivity contribution in [2.75, 3.05) is 29.4 Å². The van der Waals surface area contributed by atoms with Gasteiger partial charge >= 0.3 is 0 Å². The Morgan fingerprint density at radius 2 is 0.388 bits per heavy atom. The predicted octanol–water partition coefficient (Wildman–Crippen LogP) is 26.0. The molecule has 0 N–H and O–H groups in total. The summed E-state index contributed by atoms with van der Waals surface area (Å²) in [6, 6.07) is 139. The SMILES string of the molecule is C1=CC(N(c2ccccc2)c2ccc(N(c3ccc(/C(=C/c4ccccc4)c4ccc(N(c5ccc(N(c6ccccc6)c6ccccc6)cc5)c5ccc(N(c6ccccc6)c6ccccc6)cc5)cc4)cc3)c3ccc(N(c4ccccc4)c4ccccc4)cc3)cc2)=CCC1. The summed E-state index contributed by atoms with van der Waals surface area (Å²) in [5, 5.41) is 0. The molecule has 0 spiro atoms. The van der Waals surface area contributed by atoms with Gasteiger partial charge in [0, 0.05) is 102 Å². The molecule has 0 aliphatic heterocycles. The first-order chi connectivity index (χ1) is 48.6. The van der Waals surface area contributed by atoms with Crippen molar-refractivity contribution in [3.63, 3.8) is 0 Å². The molecular weight excluding hydrogens is 1190 g/mol. The zero-order valence-electron chi connectivity index (χ0n) is 54.4. The van der Waals surface area contributed by atoms with E-state index in [2.05, 4.69) is 442 Å². The lowest BCUT2D eigenvalue weighted by Crippen LogP contribution is -2.16. The molecule has 14 aromatic carbocycles. The van der Waals surface area contributed by atoms with Gasteiger partial charge in [0.15, 0.2) is 0 Å². The summed E-state index contributed by atoms with van der Waals surface area (Å²) in [6.07, 6.45) is 11.2. The van der Waals surface area contributed by atoms with Crippen LogP contribution >= 0.6 is 0 Å². The summed E-state index contributed by atoms with van der Waals surface area (Å²) in [6.45, 7) is 0. The van der Waals surface area contributed by atoms with Crippen LogP contribution in [0.3, 0.4) is 0 Å². The van der Waals surface area contributed by atoms with E-state index in [4.69, 9.17) is 0 Å². The highest BCUT2D eigenvalue weighted by Gasteiger charge is 2.22. The quantitative estimate of drug-likeness (QED) is 0.0663. The first kappa shape index (κ1) is 61.3. The maximum absolute atomic E-state index is 2.37. The number of rotatable bonds is 21. The van der Waals surface area contributed by atoms with Crippen LogP contribution in [0.4, 0.5) is 96.7 Å². The van der Waals surface area contributed by atoms with Gasteiger partial charge in [-0.25, -0.2) is 0 Å². The molecule has 0 atom stereocenters. The molecule has 470 valence electrons. The van der Waals surface area contributed by atoms with E-state index in [0.717, 1.165) is 132 Å². The second kappa shape index (κ2) is 29.2. The van der Waals surface area contributed by atoms with E-state index in [1.807, 2.05) is 0 Å². The molecular formula is C92H72N6. The third-order valence-corrected chi connectivity index (χ3v) is 17.8. The van der Waals surface area contributed by atoms with Crippen molar-refractivity contribution in [1.29, 1.82) is 0 Å². The zero-order valence-corrected chi connectivity index (χ0v) is 54.4. The number of para-hydroxylation sites is 7. The van der Waals surface area contributed by atoms with Gasteiger partial charge in [-0.2, -0.15) is 0 Å². The van der Waals surface area contributed by atoms with Gasteiger partial charge in [0.25, 0.3) is 0 Å². The number of anilines is 17. The normalized spacial score (nSPS) is 11.9. The average molecular weight is 1260 g/mol. The Morgan fingerprint density at radius 3 is 0.612 bits per heavy atom. The van der Waals surface area contributed by atoms with E-state index in [9.17, 15) is 0 Å². The summed E-state index contributed by atoms with van der Waals surface area (Å²) in [4.78, 5) is 14.0. The standard InChI is InChI=1S/C92H72N6/c1-10-28-71(29-11-1)70-92(72-46-50-82(51-47-72)97(88-62-54-84(55-63-88)93(74-30-12-2-13-31-74)75-32-14-3-15-33-75)89-64-56-85(57-65-89)94(76-34-16-4-17-35-76)77-36-18-5-19-37-77)73-48-52-83(53-49-73)98(90-66-58-86(59-67-90)95(78-38-20-6-21-39-78)79-40-22-7-23-41-79)91-68-60-87(61-69-91)96(80-42-24-8-25-43-80)81-44-26-9-27-45-81/h1-8,10-26,28-70H,9,27H2/b92-70+. The van der Waals surface area contributed by atoms with Crippen LogP contribution < -0.4 is 29.4 Å². The molecule has 0 bridgehead atoms. The fourth-order valence-electron chi connectivity index (χ4n) is 13.1. The van der Waals surface area contributed by atoms with Gasteiger partial charge in [-0.15, -0.1) is 0 Å². The first-order valence-corrected chi connectivity index (χ1v) is 33.5. The highest BCUT2D eigenvalue weighted by molar-refractivity contribution is 5.94. The highest BCUT2D eigenvalue weighted by Crippen LogP contribution is 2.45. The van der Waals surface area contributed by atoms with E-state index in [1.165, 1.54) is 5.70 Å². The monoisotopic (exact) mass is 1260 g/mol. The van der Waals surface area contributed by atoms with E-state index in [1.54, 1.807) is 0 Å².